The zero-order valence-corrected chi connectivity index (χ0v) is 8.44. The van der Waals surface area contributed by atoms with E-state index in [1.807, 2.05) is 6.07 Å². The summed E-state index contributed by atoms with van der Waals surface area (Å²) in [6, 6.07) is 1.83. The number of nitrogens with one attached hydrogen (secondary N) is 1. The van der Waals surface area contributed by atoms with E-state index in [4.69, 9.17) is 4.42 Å². The van der Waals surface area contributed by atoms with Gasteiger partial charge in [-0.05, 0) is 6.07 Å². The molecule has 16 heavy (non-hydrogen) atoms. The highest BCUT2D eigenvalue weighted by Gasteiger charge is 2.05. The minimum absolute atomic E-state index is 0.382. The summed E-state index contributed by atoms with van der Waals surface area (Å²) in [4.78, 5) is 0. The Balaban J connectivity index is 1.88. The Labute approximate surface area is 90.9 Å². The number of hydrogen-bond donors (Lipinski definition) is 1. The number of aromatic nitrogens is 2. The van der Waals surface area contributed by atoms with Crippen LogP contribution in [0.4, 0.5) is 14.5 Å². The van der Waals surface area contributed by atoms with Gasteiger partial charge in [0.15, 0.2) is 0 Å². The molecule has 1 N–H and O–H groups in total. The first kappa shape index (κ1) is 10.7. The SMILES string of the molecule is FC(F)Cn1cc(NCc2ccoc2)cn1. The second kappa shape index (κ2) is 4.78. The Bertz CT molecular complexity index is 425. The lowest BCUT2D eigenvalue weighted by atomic mass is 10.3. The number of hydrogen-bond acceptors (Lipinski definition) is 3. The lowest BCUT2D eigenvalue weighted by Gasteiger charge is -2.00. The van der Waals surface area contributed by atoms with Crippen LogP contribution in [0.15, 0.2) is 35.4 Å². The average molecular weight is 227 g/mol. The fraction of sp³-hybridized carbons (Fsp3) is 0.300. The first-order valence-corrected chi connectivity index (χ1v) is 4.79. The van der Waals surface area contributed by atoms with Crippen LogP contribution in [0.2, 0.25) is 0 Å². The molecule has 0 amide bonds. The van der Waals surface area contributed by atoms with Crippen LogP contribution in [0.3, 0.4) is 0 Å². The van der Waals surface area contributed by atoms with Gasteiger partial charge in [-0.1, -0.05) is 0 Å². The maximum Gasteiger partial charge on any atom is 0.257 e. The molecule has 0 aliphatic heterocycles. The van der Waals surface area contributed by atoms with E-state index in [1.54, 1.807) is 18.7 Å². The predicted molar refractivity (Wildman–Crippen MR) is 54.3 cm³/mol. The summed E-state index contributed by atoms with van der Waals surface area (Å²) in [5, 5.41) is 6.86. The largest absolute Gasteiger partial charge is 0.472 e. The normalized spacial score (nSPS) is 10.9. The number of furan rings is 1. The Hall–Kier alpha value is -1.85. The average Bonchev–Trinajstić information content (AvgIpc) is 2.84. The van der Waals surface area contributed by atoms with Gasteiger partial charge in [0.25, 0.3) is 6.43 Å². The highest BCUT2D eigenvalue weighted by Crippen LogP contribution is 2.09. The summed E-state index contributed by atoms with van der Waals surface area (Å²) < 4.78 is 30.2. The summed E-state index contributed by atoms with van der Waals surface area (Å²) in [7, 11) is 0. The van der Waals surface area contributed by atoms with E-state index in [-0.39, 0.29) is 6.54 Å². The van der Waals surface area contributed by atoms with E-state index in [0.29, 0.717) is 12.2 Å². The van der Waals surface area contributed by atoms with Crippen LogP contribution in [0, 0.1) is 0 Å². The lowest BCUT2D eigenvalue weighted by molar-refractivity contribution is 0.122. The molecule has 0 atom stereocenters. The number of halogens is 2. The quantitative estimate of drug-likeness (QED) is 0.852. The molecular weight excluding hydrogens is 216 g/mol. The third-order valence-electron chi connectivity index (χ3n) is 2.04. The van der Waals surface area contributed by atoms with Crippen molar-refractivity contribution < 1.29 is 13.2 Å². The van der Waals surface area contributed by atoms with Gasteiger partial charge < -0.3 is 9.73 Å². The van der Waals surface area contributed by atoms with Gasteiger partial charge in [0.2, 0.25) is 0 Å². The Kier molecular flexibility index (Phi) is 3.19. The first-order valence-electron chi connectivity index (χ1n) is 4.79. The van der Waals surface area contributed by atoms with E-state index in [1.165, 1.54) is 10.9 Å². The highest BCUT2D eigenvalue weighted by atomic mass is 19.3. The molecule has 2 heterocycles. The van der Waals surface area contributed by atoms with Gasteiger partial charge in [0.1, 0.15) is 6.54 Å². The Morgan fingerprint density at radius 2 is 2.38 bits per heavy atom. The van der Waals surface area contributed by atoms with Gasteiger partial charge in [0, 0.05) is 18.3 Å². The van der Waals surface area contributed by atoms with Gasteiger partial charge >= 0.3 is 0 Å². The highest BCUT2D eigenvalue weighted by molar-refractivity contribution is 5.38. The zero-order valence-electron chi connectivity index (χ0n) is 8.44. The van der Waals surface area contributed by atoms with Crippen LogP contribution in [-0.2, 0) is 13.1 Å². The minimum Gasteiger partial charge on any atom is -0.472 e. The molecule has 0 unspecified atom stereocenters. The first-order chi connectivity index (χ1) is 7.74. The van der Waals surface area contributed by atoms with Crippen LogP contribution in [-0.4, -0.2) is 16.2 Å². The van der Waals surface area contributed by atoms with Crippen molar-refractivity contribution in [2.75, 3.05) is 5.32 Å². The van der Waals surface area contributed by atoms with Gasteiger partial charge in [0.05, 0.1) is 24.4 Å². The number of anilines is 1. The summed E-state index contributed by atoms with van der Waals surface area (Å²) in [5.74, 6) is 0. The molecule has 0 saturated heterocycles. The van der Waals surface area contributed by atoms with Gasteiger partial charge in [-0.3, -0.25) is 4.68 Å². The van der Waals surface area contributed by atoms with Crippen molar-refractivity contribution in [2.45, 2.75) is 19.5 Å². The van der Waals surface area contributed by atoms with Crippen LogP contribution < -0.4 is 5.32 Å². The maximum absolute atomic E-state index is 12.0. The second-order valence-electron chi connectivity index (χ2n) is 3.33. The molecule has 0 spiro atoms. The standard InChI is InChI=1S/C10H11F2N3O/c11-10(12)6-15-5-9(4-14-15)13-3-8-1-2-16-7-8/h1-2,4-5,7,10,13H,3,6H2. The van der Waals surface area contributed by atoms with Crippen molar-refractivity contribution in [2.24, 2.45) is 0 Å². The smallest absolute Gasteiger partial charge is 0.257 e. The third kappa shape index (κ3) is 2.82. The molecule has 6 heteroatoms. The van der Waals surface area contributed by atoms with Gasteiger partial charge in [-0.15, -0.1) is 0 Å². The van der Waals surface area contributed by atoms with Crippen LogP contribution in [0.5, 0.6) is 0 Å². The van der Waals surface area contributed by atoms with Crippen molar-refractivity contribution in [3.8, 4) is 0 Å². The maximum atomic E-state index is 12.0. The van der Waals surface area contributed by atoms with Crippen molar-refractivity contribution in [3.05, 3.63) is 36.5 Å². The summed E-state index contributed by atoms with van der Waals surface area (Å²) in [5.41, 5.74) is 1.70. The van der Waals surface area contributed by atoms with Gasteiger partial charge in [-0.2, -0.15) is 5.10 Å². The molecule has 0 bridgehead atoms. The molecule has 2 aromatic rings. The number of rotatable bonds is 5. The second-order valence-corrected chi connectivity index (χ2v) is 3.33. The molecule has 0 aliphatic carbocycles. The molecule has 0 saturated carbocycles. The van der Waals surface area contributed by atoms with Crippen LogP contribution >= 0.6 is 0 Å². The van der Waals surface area contributed by atoms with Crippen molar-refractivity contribution in [1.82, 2.24) is 9.78 Å². The van der Waals surface area contributed by atoms with Crippen molar-refractivity contribution in [1.29, 1.82) is 0 Å². The van der Waals surface area contributed by atoms with E-state index in [2.05, 4.69) is 10.4 Å². The molecule has 0 aromatic carbocycles. The fourth-order valence-corrected chi connectivity index (χ4v) is 1.29. The number of nitrogens with zero attached hydrogens (tertiary/aromatic N) is 2. The molecule has 2 rings (SSSR count). The molecule has 0 aliphatic rings. The van der Waals surface area contributed by atoms with Crippen molar-refractivity contribution >= 4 is 5.69 Å². The van der Waals surface area contributed by atoms with E-state index >= 15 is 0 Å². The minimum atomic E-state index is -2.39. The van der Waals surface area contributed by atoms with E-state index in [9.17, 15) is 8.78 Å². The molecule has 0 fully saturated rings. The predicted octanol–water partition coefficient (Wildman–Crippen LogP) is 2.35. The zero-order chi connectivity index (χ0) is 11.4. The topological polar surface area (TPSA) is 43.0 Å². The molecular formula is C10H11F2N3O. The van der Waals surface area contributed by atoms with Crippen LogP contribution in [0.25, 0.3) is 0 Å². The Morgan fingerprint density at radius 1 is 1.50 bits per heavy atom. The number of alkyl halides is 2. The monoisotopic (exact) mass is 227 g/mol. The summed E-state index contributed by atoms with van der Waals surface area (Å²) >= 11 is 0. The lowest BCUT2D eigenvalue weighted by Crippen LogP contribution is -2.06. The van der Waals surface area contributed by atoms with Crippen LogP contribution in [0.1, 0.15) is 5.56 Å². The fourth-order valence-electron chi connectivity index (χ4n) is 1.29. The summed E-state index contributed by atoms with van der Waals surface area (Å²) in [6.45, 7) is 0.199. The molecule has 4 nitrogen and oxygen atoms in total. The third-order valence-corrected chi connectivity index (χ3v) is 2.04. The van der Waals surface area contributed by atoms with Gasteiger partial charge in [-0.25, -0.2) is 8.78 Å². The Morgan fingerprint density at radius 3 is 3.06 bits per heavy atom. The van der Waals surface area contributed by atoms with Crippen molar-refractivity contribution in [3.63, 3.8) is 0 Å². The molecule has 2 aromatic heterocycles. The molecule has 0 radical (unpaired) electrons. The van der Waals surface area contributed by atoms with E-state index < -0.39 is 6.43 Å². The van der Waals surface area contributed by atoms with E-state index in [0.717, 1.165) is 5.56 Å². The summed E-state index contributed by atoms with van der Waals surface area (Å²) in [6.07, 6.45) is 3.88. The molecule has 86 valence electrons.